The van der Waals surface area contributed by atoms with Crippen molar-refractivity contribution in [1.29, 1.82) is 0 Å². The zero-order valence-electron chi connectivity index (χ0n) is 12.1. The summed E-state index contributed by atoms with van der Waals surface area (Å²) in [6, 6.07) is 0.455. The van der Waals surface area contributed by atoms with E-state index in [1.54, 1.807) is 7.11 Å². The Kier molecular flexibility index (Phi) is 8.78. The molecule has 0 fully saturated rings. The topological polar surface area (TPSA) is 44.7 Å². The van der Waals surface area contributed by atoms with E-state index in [4.69, 9.17) is 9.84 Å². The molecule has 0 heterocycles. The maximum absolute atomic E-state index is 9.08. The van der Waals surface area contributed by atoms with Crippen LogP contribution in [0.25, 0.3) is 0 Å². The molecule has 4 nitrogen and oxygen atoms in total. The van der Waals surface area contributed by atoms with Crippen LogP contribution in [0.2, 0.25) is 0 Å². The van der Waals surface area contributed by atoms with Gasteiger partial charge in [0.05, 0.1) is 13.2 Å². The molecule has 17 heavy (non-hydrogen) atoms. The minimum absolute atomic E-state index is 0.179. The molecule has 0 saturated carbocycles. The summed E-state index contributed by atoms with van der Waals surface area (Å²) < 4.78 is 5.10. The van der Waals surface area contributed by atoms with Gasteiger partial charge in [-0.25, -0.2) is 0 Å². The molecule has 0 bridgehead atoms. The van der Waals surface area contributed by atoms with E-state index in [2.05, 4.69) is 37.9 Å². The first-order valence-electron chi connectivity index (χ1n) is 6.53. The first-order chi connectivity index (χ1) is 7.97. The van der Waals surface area contributed by atoms with Crippen molar-refractivity contribution in [2.75, 3.05) is 46.5 Å². The highest BCUT2D eigenvalue weighted by Crippen LogP contribution is 2.21. The number of aliphatic hydroxyl groups excluding tert-OH is 1. The molecule has 0 spiro atoms. The van der Waals surface area contributed by atoms with Crippen molar-refractivity contribution in [2.24, 2.45) is 5.41 Å². The summed E-state index contributed by atoms with van der Waals surface area (Å²) in [7, 11) is 1.71. The lowest BCUT2D eigenvalue weighted by molar-refractivity contribution is 0.0889. The molecule has 0 amide bonds. The molecule has 1 atom stereocenters. The summed E-state index contributed by atoms with van der Waals surface area (Å²) >= 11 is 0. The van der Waals surface area contributed by atoms with Crippen molar-refractivity contribution >= 4 is 0 Å². The maximum Gasteiger partial charge on any atom is 0.0589 e. The lowest BCUT2D eigenvalue weighted by Crippen LogP contribution is -2.48. The lowest BCUT2D eigenvalue weighted by atomic mass is 9.84. The number of ether oxygens (including phenoxy) is 1. The van der Waals surface area contributed by atoms with Gasteiger partial charge in [-0.3, -0.25) is 4.90 Å². The van der Waals surface area contributed by atoms with Gasteiger partial charge in [-0.05, 0) is 18.9 Å². The van der Waals surface area contributed by atoms with Gasteiger partial charge in [0.15, 0.2) is 0 Å². The SMILES string of the molecule is CCNC(C)C(C)(C)CN(CCO)CCOC. The van der Waals surface area contributed by atoms with Crippen LogP contribution in [0.4, 0.5) is 0 Å². The smallest absolute Gasteiger partial charge is 0.0589 e. The van der Waals surface area contributed by atoms with Crippen LogP contribution in [0.1, 0.15) is 27.7 Å². The quantitative estimate of drug-likeness (QED) is 0.602. The fraction of sp³-hybridized carbons (Fsp3) is 1.00. The monoisotopic (exact) mass is 246 g/mol. The average Bonchev–Trinajstić information content (AvgIpc) is 2.26. The van der Waals surface area contributed by atoms with Crippen LogP contribution in [-0.4, -0.2) is 62.6 Å². The van der Waals surface area contributed by atoms with Crippen molar-refractivity contribution in [3.8, 4) is 0 Å². The standard InChI is InChI=1S/C13H30N2O2/c1-6-14-12(2)13(3,4)11-15(7-9-16)8-10-17-5/h12,14,16H,6-11H2,1-5H3. The Hall–Kier alpha value is -0.160. The molecule has 4 heteroatoms. The Balaban J connectivity index is 4.28. The van der Waals surface area contributed by atoms with E-state index in [9.17, 15) is 0 Å². The third kappa shape index (κ3) is 6.99. The fourth-order valence-corrected chi connectivity index (χ4v) is 1.93. The predicted octanol–water partition coefficient (Wildman–Crippen LogP) is 0.951. The van der Waals surface area contributed by atoms with Gasteiger partial charge in [-0.15, -0.1) is 0 Å². The Morgan fingerprint density at radius 1 is 1.35 bits per heavy atom. The second kappa shape index (κ2) is 8.86. The van der Waals surface area contributed by atoms with Crippen molar-refractivity contribution < 1.29 is 9.84 Å². The molecule has 2 N–H and O–H groups in total. The Bertz CT molecular complexity index is 186. The Morgan fingerprint density at radius 3 is 2.47 bits per heavy atom. The highest BCUT2D eigenvalue weighted by Gasteiger charge is 2.27. The van der Waals surface area contributed by atoms with Crippen LogP contribution in [0.15, 0.2) is 0 Å². The molecule has 104 valence electrons. The minimum Gasteiger partial charge on any atom is -0.395 e. The molecular weight excluding hydrogens is 216 g/mol. The zero-order chi connectivity index (χ0) is 13.3. The molecule has 0 aliphatic carbocycles. The molecule has 0 aromatic heterocycles. The summed E-state index contributed by atoms with van der Waals surface area (Å²) in [5, 5.41) is 12.5. The van der Waals surface area contributed by atoms with Crippen LogP contribution >= 0.6 is 0 Å². The first kappa shape index (κ1) is 16.8. The van der Waals surface area contributed by atoms with Crippen LogP contribution < -0.4 is 5.32 Å². The number of rotatable bonds is 10. The largest absolute Gasteiger partial charge is 0.395 e. The van der Waals surface area contributed by atoms with E-state index in [0.717, 1.165) is 19.6 Å². The number of aliphatic hydroxyl groups is 1. The van der Waals surface area contributed by atoms with Gasteiger partial charge in [0.1, 0.15) is 0 Å². The number of nitrogens with one attached hydrogen (secondary N) is 1. The van der Waals surface area contributed by atoms with Gasteiger partial charge >= 0.3 is 0 Å². The number of hydrogen-bond acceptors (Lipinski definition) is 4. The van der Waals surface area contributed by atoms with Crippen LogP contribution in [-0.2, 0) is 4.74 Å². The predicted molar refractivity (Wildman–Crippen MR) is 72.3 cm³/mol. The first-order valence-corrected chi connectivity index (χ1v) is 6.53. The number of nitrogens with zero attached hydrogens (tertiary/aromatic N) is 1. The number of hydrogen-bond donors (Lipinski definition) is 2. The van der Waals surface area contributed by atoms with E-state index in [1.165, 1.54) is 0 Å². The third-order valence-corrected chi connectivity index (χ3v) is 3.34. The molecule has 0 rings (SSSR count). The third-order valence-electron chi connectivity index (χ3n) is 3.34. The summed E-state index contributed by atoms with van der Waals surface area (Å²) in [4.78, 5) is 2.26. The van der Waals surface area contributed by atoms with Gasteiger partial charge in [0, 0.05) is 32.8 Å². The van der Waals surface area contributed by atoms with Gasteiger partial charge in [0.25, 0.3) is 0 Å². The molecule has 0 saturated heterocycles. The lowest BCUT2D eigenvalue weighted by Gasteiger charge is -2.37. The Morgan fingerprint density at radius 2 is 2.00 bits per heavy atom. The molecule has 0 aromatic rings. The second-order valence-electron chi connectivity index (χ2n) is 5.26. The molecule has 0 aliphatic rings. The van der Waals surface area contributed by atoms with E-state index in [0.29, 0.717) is 19.2 Å². The van der Waals surface area contributed by atoms with Crippen molar-refractivity contribution in [3.63, 3.8) is 0 Å². The summed E-state index contributed by atoms with van der Waals surface area (Å²) in [5.74, 6) is 0. The molecular formula is C13H30N2O2. The summed E-state index contributed by atoms with van der Waals surface area (Å²) in [6.45, 7) is 13.3. The fourth-order valence-electron chi connectivity index (χ4n) is 1.93. The van der Waals surface area contributed by atoms with Gasteiger partial charge < -0.3 is 15.2 Å². The second-order valence-corrected chi connectivity index (χ2v) is 5.26. The normalized spacial score (nSPS) is 14.3. The zero-order valence-corrected chi connectivity index (χ0v) is 12.1. The van der Waals surface area contributed by atoms with Crippen molar-refractivity contribution in [1.82, 2.24) is 10.2 Å². The van der Waals surface area contributed by atoms with Crippen LogP contribution in [0.5, 0.6) is 0 Å². The van der Waals surface area contributed by atoms with Gasteiger partial charge in [0.2, 0.25) is 0 Å². The highest BCUT2D eigenvalue weighted by atomic mass is 16.5. The van der Waals surface area contributed by atoms with E-state index in [-0.39, 0.29) is 12.0 Å². The Labute approximate surface area is 106 Å². The highest BCUT2D eigenvalue weighted by molar-refractivity contribution is 4.83. The minimum atomic E-state index is 0.179. The van der Waals surface area contributed by atoms with Crippen LogP contribution in [0.3, 0.4) is 0 Å². The van der Waals surface area contributed by atoms with E-state index >= 15 is 0 Å². The van der Waals surface area contributed by atoms with Crippen LogP contribution in [0, 0.1) is 5.41 Å². The summed E-state index contributed by atoms with van der Waals surface area (Å²) in [6.07, 6.45) is 0. The average molecular weight is 246 g/mol. The number of methoxy groups -OCH3 is 1. The maximum atomic E-state index is 9.08. The summed E-state index contributed by atoms with van der Waals surface area (Å²) in [5.41, 5.74) is 0.179. The van der Waals surface area contributed by atoms with Crippen molar-refractivity contribution in [2.45, 2.75) is 33.7 Å². The van der Waals surface area contributed by atoms with Gasteiger partial charge in [-0.1, -0.05) is 20.8 Å². The molecule has 0 aliphatic heterocycles. The van der Waals surface area contributed by atoms with E-state index < -0.39 is 0 Å². The molecule has 0 aromatic carbocycles. The van der Waals surface area contributed by atoms with Crippen molar-refractivity contribution in [3.05, 3.63) is 0 Å². The van der Waals surface area contributed by atoms with Gasteiger partial charge in [-0.2, -0.15) is 0 Å². The van der Waals surface area contributed by atoms with E-state index in [1.807, 2.05) is 0 Å². The molecule has 1 unspecified atom stereocenters. The molecule has 0 radical (unpaired) electrons.